The summed E-state index contributed by atoms with van der Waals surface area (Å²) in [4.78, 5) is 0. The second-order valence-electron chi connectivity index (χ2n) is 4.80. The Labute approximate surface area is 102 Å². The molecule has 1 fully saturated rings. The van der Waals surface area contributed by atoms with Gasteiger partial charge < -0.3 is 5.32 Å². The van der Waals surface area contributed by atoms with Gasteiger partial charge in [0.25, 0.3) is 0 Å². The molecule has 0 radical (unpaired) electrons. The molecule has 3 nitrogen and oxygen atoms in total. The second kappa shape index (κ2) is 4.76. The minimum Gasteiger partial charge on any atom is -0.314 e. The van der Waals surface area contributed by atoms with Gasteiger partial charge in [-0.2, -0.15) is 5.10 Å². The molecule has 1 aromatic rings. The van der Waals surface area contributed by atoms with Crippen LogP contribution in [-0.4, -0.2) is 22.4 Å². The Balaban J connectivity index is 1.91. The van der Waals surface area contributed by atoms with Crippen molar-refractivity contribution in [2.24, 2.45) is 0 Å². The van der Waals surface area contributed by atoms with E-state index in [0.717, 1.165) is 35.4 Å². The van der Waals surface area contributed by atoms with Crippen LogP contribution in [0.5, 0.6) is 0 Å². The number of aromatic nitrogens is 2. The molecule has 1 N–H and O–H groups in total. The Morgan fingerprint density at radius 3 is 2.69 bits per heavy atom. The van der Waals surface area contributed by atoms with Crippen molar-refractivity contribution in [3.8, 4) is 0 Å². The summed E-state index contributed by atoms with van der Waals surface area (Å²) in [7, 11) is 0. The molecule has 1 unspecified atom stereocenters. The predicted octanol–water partition coefficient (Wildman–Crippen LogP) is 2.86. The van der Waals surface area contributed by atoms with Gasteiger partial charge >= 0.3 is 0 Å². The van der Waals surface area contributed by atoms with Crippen molar-refractivity contribution >= 4 is 11.6 Å². The maximum absolute atomic E-state index is 6.14. The van der Waals surface area contributed by atoms with Crippen LogP contribution in [-0.2, 0) is 0 Å². The van der Waals surface area contributed by atoms with Crippen molar-refractivity contribution in [2.75, 3.05) is 6.54 Å². The zero-order chi connectivity index (χ0) is 11.7. The van der Waals surface area contributed by atoms with Crippen LogP contribution in [0.4, 0.5) is 0 Å². The Morgan fingerprint density at radius 1 is 1.50 bits per heavy atom. The summed E-state index contributed by atoms with van der Waals surface area (Å²) >= 11 is 6.14. The Hall–Kier alpha value is -0.540. The van der Waals surface area contributed by atoms with Crippen LogP contribution >= 0.6 is 11.6 Å². The first-order chi connectivity index (χ1) is 7.59. The highest BCUT2D eigenvalue weighted by Crippen LogP contribution is 2.24. The monoisotopic (exact) mass is 241 g/mol. The van der Waals surface area contributed by atoms with Crippen molar-refractivity contribution < 1.29 is 0 Å². The van der Waals surface area contributed by atoms with Crippen molar-refractivity contribution in [3.05, 3.63) is 16.4 Å². The average Bonchev–Trinajstić information content (AvgIpc) is 3.03. The van der Waals surface area contributed by atoms with E-state index < -0.39 is 0 Å². The van der Waals surface area contributed by atoms with Gasteiger partial charge in [-0.1, -0.05) is 11.6 Å². The molecule has 1 aromatic heterocycles. The van der Waals surface area contributed by atoms with E-state index in [1.807, 2.05) is 18.5 Å². The normalized spacial score (nSPS) is 17.8. The van der Waals surface area contributed by atoms with Gasteiger partial charge in [0.1, 0.15) is 0 Å². The fourth-order valence-corrected chi connectivity index (χ4v) is 2.10. The van der Waals surface area contributed by atoms with Gasteiger partial charge in [-0.15, -0.1) is 0 Å². The van der Waals surface area contributed by atoms with Gasteiger partial charge in [-0.3, -0.25) is 4.68 Å². The fourth-order valence-electron chi connectivity index (χ4n) is 1.98. The van der Waals surface area contributed by atoms with Crippen LogP contribution in [0.3, 0.4) is 0 Å². The Morgan fingerprint density at radius 2 is 2.19 bits per heavy atom. The largest absolute Gasteiger partial charge is 0.314 e. The van der Waals surface area contributed by atoms with Crippen molar-refractivity contribution in [2.45, 2.75) is 52.1 Å². The van der Waals surface area contributed by atoms with E-state index in [-0.39, 0.29) is 0 Å². The topological polar surface area (TPSA) is 29.9 Å². The van der Waals surface area contributed by atoms with Gasteiger partial charge in [0.05, 0.1) is 22.5 Å². The van der Waals surface area contributed by atoms with E-state index in [1.54, 1.807) is 0 Å². The lowest BCUT2D eigenvalue weighted by Gasteiger charge is -2.14. The van der Waals surface area contributed by atoms with E-state index in [9.17, 15) is 0 Å². The number of rotatable bonds is 5. The highest BCUT2D eigenvalue weighted by Gasteiger charge is 2.20. The van der Waals surface area contributed by atoms with E-state index in [1.165, 1.54) is 12.8 Å². The average molecular weight is 242 g/mol. The van der Waals surface area contributed by atoms with Gasteiger partial charge in [0, 0.05) is 6.04 Å². The lowest BCUT2D eigenvalue weighted by atomic mass is 10.2. The lowest BCUT2D eigenvalue weighted by Crippen LogP contribution is -2.21. The third-order valence-electron chi connectivity index (χ3n) is 3.23. The highest BCUT2D eigenvalue weighted by atomic mass is 35.5. The van der Waals surface area contributed by atoms with Crippen molar-refractivity contribution in [1.82, 2.24) is 15.1 Å². The van der Waals surface area contributed by atoms with Crippen LogP contribution in [0.25, 0.3) is 0 Å². The minimum atomic E-state index is 0.414. The van der Waals surface area contributed by atoms with Crippen LogP contribution in [0.2, 0.25) is 5.02 Å². The zero-order valence-corrected chi connectivity index (χ0v) is 11.0. The number of hydrogen-bond donors (Lipinski definition) is 1. The van der Waals surface area contributed by atoms with Crippen LogP contribution in [0.1, 0.15) is 43.6 Å². The number of aryl methyl sites for hydroxylation is 1. The molecule has 1 saturated carbocycles. The lowest BCUT2D eigenvalue weighted by molar-refractivity contribution is 0.434. The van der Waals surface area contributed by atoms with Crippen LogP contribution < -0.4 is 5.32 Å². The summed E-state index contributed by atoms with van der Waals surface area (Å²) in [6, 6.07) is 1.20. The summed E-state index contributed by atoms with van der Waals surface area (Å²) in [5.41, 5.74) is 2.01. The van der Waals surface area contributed by atoms with Gasteiger partial charge in [-0.25, -0.2) is 0 Å². The van der Waals surface area contributed by atoms with Crippen molar-refractivity contribution in [3.63, 3.8) is 0 Å². The standard InChI is InChI=1S/C12H20ClN3/c1-8(6-7-14-11-4-5-11)16-10(3)12(13)9(2)15-16/h8,11,14H,4-7H2,1-3H3. The fraction of sp³-hybridized carbons (Fsp3) is 0.750. The molecular weight excluding hydrogens is 222 g/mol. The number of hydrogen-bond acceptors (Lipinski definition) is 2. The third kappa shape index (κ3) is 2.58. The second-order valence-corrected chi connectivity index (χ2v) is 5.17. The maximum Gasteiger partial charge on any atom is 0.0844 e. The quantitative estimate of drug-likeness (QED) is 0.859. The van der Waals surface area contributed by atoms with Crippen molar-refractivity contribution in [1.29, 1.82) is 0 Å². The molecule has 0 bridgehead atoms. The van der Waals surface area contributed by atoms with Crippen LogP contribution in [0, 0.1) is 13.8 Å². The molecule has 2 rings (SSSR count). The molecule has 1 heterocycles. The molecule has 4 heteroatoms. The Kier molecular flexibility index (Phi) is 3.55. The molecule has 0 spiro atoms. The molecule has 0 aromatic carbocycles. The van der Waals surface area contributed by atoms with E-state index in [4.69, 9.17) is 11.6 Å². The van der Waals surface area contributed by atoms with Gasteiger partial charge in [0.15, 0.2) is 0 Å². The van der Waals surface area contributed by atoms with Gasteiger partial charge in [0.2, 0.25) is 0 Å². The summed E-state index contributed by atoms with van der Waals surface area (Å²) < 4.78 is 2.05. The molecule has 16 heavy (non-hydrogen) atoms. The SMILES string of the molecule is Cc1nn(C(C)CCNC2CC2)c(C)c1Cl. The van der Waals surface area contributed by atoms with Crippen LogP contribution in [0.15, 0.2) is 0 Å². The number of halogens is 1. The summed E-state index contributed by atoms with van der Waals surface area (Å²) in [6.07, 6.45) is 3.80. The smallest absolute Gasteiger partial charge is 0.0844 e. The summed E-state index contributed by atoms with van der Waals surface area (Å²) in [5, 5.41) is 8.81. The van der Waals surface area contributed by atoms with Gasteiger partial charge in [-0.05, 0) is 46.6 Å². The molecule has 90 valence electrons. The predicted molar refractivity (Wildman–Crippen MR) is 67.1 cm³/mol. The molecule has 0 amide bonds. The third-order valence-corrected chi connectivity index (χ3v) is 3.77. The van der Waals surface area contributed by atoms with E-state index >= 15 is 0 Å². The summed E-state index contributed by atoms with van der Waals surface area (Å²) in [5.74, 6) is 0. The number of nitrogens with one attached hydrogen (secondary N) is 1. The van der Waals surface area contributed by atoms with E-state index in [2.05, 4.69) is 17.3 Å². The minimum absolute atomic E-state index is 0.414. The molecular formula is C12H20ClN3. The molecule has 0 saturated heterocycles. The van der Waals surface area contributed by atoms with E-state index in [0.29, 0.717) is 6.04 Å². The summed E-state index contributed by atoms with van der Waals surface area (Å²) in [6.45, 7) is 7.26. The Bertz CT molecular complexity index is 369. The maximum atomic E-state index is 6.14. The molecule has 1 atom stereocenters. The zero-order valence-electron chi connectivity index (χ0n) is 10.3. The molecule has 1 aliphatic carbocycles. The highest BCUT2D eigenvalue weighted by molar-refractivity contribution is 6.31. The first-order valence-electron chi connectivity index (χ1n) is 6.04. The first-order valence-corrected chi connectivity index (χ1v) is 6.42. The molecule has 1 aliphatic rings. The first kappa shape index (κ1) is 11.9. The number of nitrogens with zero attached hydrogens (tertiary/aromatic N) is 2. The molecule has 0 aliphatic heterocycles.